The fraction of sp³-hybridized carbons (Fsp3) is 0.0465. The van der Waals surface area contributed by atoms with Crippen molar-refractivity contribution in [2.45, 2.75) is 13.1 Å². The number of aromatic nitrogens is 3. The number of hydrogen-bond acceptors (Lipinski definition) is 3. The summed E-state index contributed by atoms with van der Waals surface area (Å²) in [6.45, 7) is 4.92. The number of rotatable bonds is 4. The Labute approximate surface area is 275 Å². The van der Waals surface area contributed by atoms with Crippen molar-refractivity contribution in [1.82, 2.24) is 15.0 Å². The third-order valence-electron chi connectivity index (χ3n) is 9.70. The molecule has 9 rings (SSSR count). The fourth-order valence-corrected chi connectivity index (χ4v) is 10.8. The van der Waals surface area contributed by atoms with Gasteiger partial charge in [-0.1, -0.05) is 159 Å². The minimum atomic E-state index is -2.08. The Hall–Kier alpha value is -5.71. The van der Waals surface area contributed by atoms with Crippen molar-refractivity contribution in [3.8, 4) is 56.4 Å². The molecule has 0 saturated carbocycles. The summed E-state index contributed by atoms with van der Waals surface area (Å²) in [6, 6.07) is 54.0. The quantitative estimate of drug-likeness (QED) is 0.185. The van der Waals surface area contributed by atoms with Crippen LogP contribution in [0.15, 0.2) is 152 Å². The molecule has 3 nitrogen and oxygen atoms in total. The van der Waals surface area contributed by atoms with Gasteiger partial charge in [0.25, 0.3) is 0 Å². The molecule has 0 radical (unpaired) electrons. The molecule has 7 aromatic carbocycles. The predicted molar refractivity (Wildman–Crippen MR) is 199 cm³/mol. The Balaban J connectivity index is 1.20. The summed E-state index contributed by atoms with van der Waals surface area (Å²) in [4.78, 5) is 15.4. The highest BCUT2D eigenvalue weighted by Gasteiger charge is 2.40. The number of benzene rings is 7. The highest BCUT2D eigenvalue weighted by Crippen LogP contribution is 2.37. The molecule has 0 spiro atoms. The normalized spacial score (nSPS) is 13.1. The van der Waals surface area contributed by atoms with Gasteiger partial charge in [-0.3, -0.25) is 0 Å². The Morgan fingerprint density at radius 3 is 1.77 bits per heavy atom. The smallest absolute Gasteiger partial charge is 0.164 e. The van der Waals surface area contributed by atoms with Gasteiger partial charge in [-0.25, -0.2) is 15.0 Å². The zero-order chi connectivity index (χ0) is 31.5. The van der Waals surface area contributed by atoms with Crippen molar-refractivity contribution in [2.24, 2.45) is 0 Å². The van der Waals surface area contributed by atoms with Crippen LogP contribution in [0.5, 0.6) is 0 Å². The summed E-state index contributed by atoms with van der Waals surface area (Å²) in [5, 5.41) is 7.94. The topological polar surface area (TPSA) is 38.7 Å². The van der Waals surface area contributed by atoms with E-state index in [1.54, 1.807) is 0 Å². The van der Waals surface area contributed by atoms with Gasteiger partial charge in [0, 0.05) is 16.7 Å². The molecule has 0 aliphatic carbocycles. The van der Waals surface area contributed by atoms with E-state index < -0.39 is 8.07 Å². The Kier molecular flexibility index (Phi) is 6.27. The van der Waals surface area contributed by atoms with Crippen molar-refractivity contribution in [2.75, 3.05) is 0 Å². The van der Waals surface area contributed by atoms with Crippen molar-refractivity contribution in [1.29, 1.82) is 0 Å². The van der Waals surface area contributed by atoms with E-state index in [1.165, 1.54) is 48.6 Å². The second-order valence-electron chi connectivity index (χ2n) is 12.9. The lowest BCUT2D eigenvalue weighted by atomic mass is 9.97. The van der Waals surface area contributed by atoms with Crippen molar-refractivity contribution < 1.29 is 0 Å². The third-order valence-corrected chi connectivity index (χ3v) is 13.2. The third kappa shape index (κ3) is 4.52. The van der Waals surface area contributed by atoms with Crippen LogP contribution in [0, 0.1) is 0 Å². The van der Waals surface area contributed by atoms with Gasteiger partial charge in [0.05, 0.1) is 0 Å². The Morgan fingerprint density at radius 2 is 0.979 bits per heavy atom. The summed E-state index contributed by atoms with van der Waals surface area (Å²) >= 11 is 0. The molecule has 0 N–H and O–H groups in total. The molecule has 1 aliphatic heterocycles. The zero-order valence-electron chi connectivity index (χ0n) is 26.3. The van der Waals surface area contributed by atoms with E-state index in [0.717, 1.165) is 28.1 Å². The van der Waals surface area contributed by atoms with E-state index in [-0.39, 0.29) is 0 Å². The highest BCUT2D eigenvalue weighted by molar-refractivity contribution is 7.04. The molecule has 0 atom stereocenters. The lowest BCUT2D eigenvalue weighted by molar-refractivity contribution is 1.08. The summed E-state index contributed by atoms with van der Waals surface area (Å²) in [5.74, 6) is 2.08. The first-order valence-corrected chi connectivity index (χ1v) is 19.1. The van der Waals surface area contributed by atoms with Crippen molar-refractivity contribution in [3.05, 3.63) is 152 Å². The average Bonchev–Trinajstić information content (AvgIpc) is 3.38. The first kappa shape index (κ1) is 27.6. The number of hydrogen-bond donors (Lipinski definition) is 0. The predicted octanol–water partition coefficient (Wildman–Crippen LogP) is 9.65. The molecule has 4 heteroatoms. The molecule has 0 amide bonds. The highest BCUT2D eigenvalue weighted by atomic mass is 28.3. The monoisotopic (exact) mass is 617 g/mol. The lowest BCUT2D eigenvalue weighted by Gasteiger charge is -2.22. The summed E-state index contributed by atoms with van der Waals surface area (Å²) < 4.78 is 0. The number of nitrogens with zero attached hydrogens (tertiary/aromatic N) is 3. The first-order chi connectivity index (χ1) is 23.0. The minimum absolute atomic E-state index is 0.678. The average molecular weight is 618 g/mol. The Bertz CT molecular complexity index is 2480. The molecule has 8 aromatic rings. The van der Waals surface area contributed by atoms with Crippen LogP contribution >= 0.6 is 0 Å². The molecular weight excluding hydrogens is 587 g/mol. The van der Waals surface area contributed by atoms with E-state index >= 15 is 0 Å². The van der Waals surface area contributed by atoms with Crippen LogP contribution in [0.2, 0.25) is 13.1 Å². The van der Waals surface area contributed by atoms with Crippen LogP contribution in [0.25, 0.3) is 78.0 Å². The molecule has 222 valence electrons. The lowest BCUT2D eigenvalue weighted by Crippen LogP contribution is -2.50. The van der Waals surface area contributed by atoms with Crippen LogP contribution < -0.4 is 10.4 Å². The van der Waals surface area contributed by atoms with E-state index in [1.807, 2.05) is 18.2 Å². The standard InChI is InChI=1S/C43H31N3Si/c1-47(2)38-26-25-30-12-8-9-16-35(30)39(38)36-17-10-18-37(40(36)47)43-45-41(31-13-4-3-5-14-31)44-42(46-43)32-22-19-29(20-23-32)34-24-21-28-11-6-7-15-33(28)27-34/h3-27H,1-2H3. The van der Waals surface area contributed by atoms with Crippen LogP contribution in [0.4, 0.5) is 0 Å². The Morgan fingerprint density at radius 1 is 0.404 bits per heavy atom. The molecule has 1 aromatic heterocycles. The SMILES string of the molecule is C[Si]1(C)c2ccc3ccccc3c2-c2cccc(-c3nc(-c4ccccc4)nc(-c4ccc(-c5ccc6ccccc6c5)cc4)n3)c21. The van der Waals surface area contributed by atoms with Crippen molar-refractivity contribution in [3.63, 3.8) is 0 Å². The molecule has 1 aliphatic rings. The van der Waals surface area contributed by atoms with E-state index in [2.05, 4.69) is 147 Å². The van der Waals surface area contributed by atoms with Crippen LogP contribution in [0.1, 0.15) is 0 Å². The van der Waals surface area contributed by atoms with Crippen molar-refractivity contribution >= 4 is 40.0 Å². The van der Waals surface area contributed by atoms with Crippen LogP contribution in [-0.4, -0.2) is 23.0 Å². The molecule has 0 unspecified atom stereocenters. The second-order valence-corrected chi connectivity index (χ2v) is 17.2. The summed E-state index contributed by atoms with van der Waals surface area (Å²) in [6.07, 6.45) is 0. The van der Waals surface area contributed by atoms with Gasteiger partial charge in [0.2, 0.25) is 0 Å². The summed E-state index contributed by atoms with van der Waals surface area (Å²) in [7, 11) is -2.08. The van der Waals surface area contributed by atoms with Crippen LogP contribution in [-0.2, 0) is 0 Å². The first-order valence-electron chi connectivity index (χ1n) is 16.1. The van der Waals surface area contributed by atoms with E-state index in [9.17, 15) is 0 Å². The minimum Gasteiger partial charge on any atom is -0.208 e. The largest absolute Gasteiger partial charge is 0.208 e. The zero-order valence-corrected chi connectivity index (χ0v) is 27.3. The maximum Gasteiger partial charge on any atom is 0.164 e. The van der Waals surface area contributed by atoms with Gasteiger partial charge >= 0.3 is 0 Å². The van der Waals surface area contributed by atoms with Gasteiger partial charge < -0.3 is 0 Å². The number of fused-ring (bicyclic) bond motifs is 6. The van der Waals surface area contributed by atoms with Crippen LogP contribution in [0.3, 0.4) is 0 Å². The maximum atomic E-state index is 5.21. The van der Waals surface area contributed by atoms with Gasteiger partial charge in [-0.05, 0) is 60.2 Å². The van der Waals surface area contributed by atoms with Gasteiger partial charge in [-0.15, -0.1) is 0 Å². The molecule has 0 fully saturated rings. The van der Waals surface area contributed by atoms with Gasteiger partial charge in [0.1, 0.15) is 8.07 Å². The molecule has 0 saturated heterocycles. The molecule has 47 heavy (non-hydrogen) atoms. The second kappa shape index (κ2) is 10.7. The maximum absolute atomic E-state index is 5.21. The van der Waals surface area contributed by atoms with E-state index in [4.69, 9.17) is 15.0 Å². The van der Waals surface area contributed by atoms with Gasteiger partial charge in [-0.2, -0.15) is 0 Å². The molecule has 2 heterocycles. The molecule has 0 bridgehead atoms. The fourth-order valence-electron chi connectivity index (χ4n) is 7.36. The summed E-state index contributed by atoms with van der Waals surface area (Å²) in [5.41, 5.74) is 8.09. The van der Waals surface area contributed by atoms with Gasteiger partial charge in [0.15, 0.2) is 17.5 Å². The molecular formula is C43H31N3Si. The van der Waals surface area contributed by atoms with E-state index in [0.29, 0.717) is 11.6 Å².